The zero-order chi connectivity index (χ0) is 14.7. The van der Waals surface area contributed by atoms with Crippen LogP contribution < -0.4 is 5.32 Å². The molecule has 0 aromatic heterocycles. The molecule has 1 aromatic carbocycles. The summed E-state index contributed by atoms with van der Waals surface area (Å²) >= 11 is 3.22. The number of carbonyl (C=O) groups is 2. The Labute approximate surface area is 126 Å². The maximum absolute atomic E-state index is 12.2. The number of amides is 1. The molecular formula is C15H16BrNO3. The number of nitrogens with one attached hydrogen (secondary N) is 1. The topological polar surface area (TPSA) is 66.4 Å². The van der Waals surface area contributed by atoms with Crippen LogP contribution in [0.3, 0.4) is 0 Å². The molecule has 0 saturated heterocycles. The molecule has 2 N–H and O–H groups in total. The lowest BCUT2D eigenvalue weighted by molar-refractivity contribution is -0.120. The molecule has 2 rings (SSSR count). The molecule has 1 amide bonds. The molecule has 1 aromatic rings. The third-order valence-electron chi connectivity index (χ3n) is 3.44. The normalized spacial score (nSPS) is 17.8. The van der Waals surface area contributed by atoms with E-state index in [1.165, 1.54) is 6.07 Å². The van der Waals surface area contributed by atoms with Gasteiger partial charge in [-0.2, -0.15) is 0 Å². The average Bonchev–Trinajstić information content (AvgIpc) is 2.42. The van der Waals surface area contributed by atoms with Crippen molar-refractivity contribution in [3.8, 4) is 0 Å². The fourth-order valence-electron chi connectivity index (χ4n) is 2.24. The van der Waals surface area contributed by atoms with Gasteiger partial charge in [0.15, 0.2) is 0 Å². The minimum absolute atomic E-state index is 0.0312. The molecule has 0 saturated carbocycles. The number of hydrogen-bond donors (Lipinski definition) is 2. The highest BCUT2D eigenvalue weighted by molar-refractivity contribution is 9.10. The van der Waals surface area contributed by atoms with Crippen molar-refractivity contribution in [2.75, 3.05) is 5.32 Å². The van der Waals surface area contributed by atoms with Crippen LogP contribution in [-0.2, 0) is 4.79 Å². The Hall–Kier alpha value is -1.62. The Kier molecular flexibility index (Phi) is 4.60. The Morgan fingerprint density at radius 2 is 2.10 bits per heavy atom. The van der Waals surface area contributed by atoms with Gasteiger partial charge in [0.05, 0.1) is 5.56 Å². The minimum atomic E-state index is -1.02. The van der Waals surface area contributed by atoms with Crippen molar-refractivity contribution in [2.24, 2.45) is 5.92 Å². The van der Waals surface area contributed by atoms with Crippen LogP contribution in [0.25, 0.3) is 0 Å². The number of carbonyl (C=O) groups excluding carboxylic acids is 1. The summed E-state index contributed by atoms with van der Waals surface area (Å²) in [5.41, 5.74) is 1.54. The molecule has 0 aliphatic heterocycles. The smallest absolute Gasteiger partial charge is 0.336 e. The molecule has 1 atom stereocenters. The third-order valence-corrected chi connectivity index (χ3v) is 4.10. The van der Waals surface area contributed by atoms with Crippen LogP contribution in [0, 0.1) is 12.8 Å². The van der Waals surface area contributed by atoms with Crippen LogP contribution in [0.2, 0.25) is 0 Å². The van der Waals surface area contributed by atoms with E-state index in [4.69, 9.17) is 5.11 Å². The maximum Gasteiger partial charge on any atom is 0.336 e. The van der Waals surface area contributed by atoms with E-state index >= 15 is 0 Å². The van der Waals surface area contributed by atoms with Gasteiger partial charge in [-0.15, -0.1) is 0 Å². The van der Waals surface area contributed by atoms with Crippen molar-refractivity contribution in [2.45, 2.75) is 26.2 Å². The summed E-state index contributed by atoms with van der Waals surface area (Å²) in [4.78, 5) is 23.3. The van der Waals surface area contributed by atoms with Crippen molar-refractivity contribution >= 4 is 33.5 Å². The second-order valence-electron chi connectivity index (χ2n) is 4.92. The van der Waals surface area contributed by atoms with Gasteiger partial charge in [0, 0.05) is 16.1 Å². The first kappa shape index (κ1) is 14.8. The van der Waals surface area contributed by atoms with Gasteiger partial charge in [-0.3, -0.25) is 4.79 Å². The van der Waals surface area contributed by atoms with Gasteiger partial charge >= 0.3 is 5.97 Å². The van der Waals surface area contributed by atoms with E-state index in [1.807, 2.05) is 13.0 Å². The Morgan fingerprint density at radius 1 is 1.35 bits per heavy atom. The van der Waals surface area contributed by atoms with Gasteiger partial charge in [-0.1, -0.05) is 12.2 Å². The number of anilines is 1. The van der Waals surface area contributed by atoms with Crippen LogP contribution in [0.5, 0.6) is 0 Å². The zero-order valence-corrected chi connectivity index (χ0v) is 12.7. The summed E-state index contributed by atoms with van der Waals surface area (Å²) in [6.45, 7) is 1.84. The number of hydrogen-bond acceptors (Lipinski definition) is 2. The molecule has 106 valence electrons. The van der Waals surface area contributed by atoms with E-state index in [0.29, 0.717) is 10.2 Å². The summed E-state index contributed by atoms with van der Waals surface area (Å²) in [6, 6.07) is 3.21. The summed E-state index contributed by atoms with van der Waals surface area (Å²) in [5, 5.41) is 12.0. The first-order valence-corrected chi connectivity index (χ1v) is 7.27. The number of aromatic carboxylic acids is 1. The van der Waals surface area contributed by atoms with Crippen LogP contribution >= 0.6 is 15.9 Å². The van der Waals surface area contributed by atoms with Crippen LogP contribution in [0.15, 0.2) is 28.8 Å². The molecule has 0 fully saturated rings. The molecule has 4 nitrogen and oxygen atoms in total. The molecule has 0 bridgehead atoms. The van der Waals surface area contributed by atoms with Crippen molar-refractivity contribution in [3.05, 3.63) is 39.9 Å². The molecule has 1 aliphatic carbocycles. The van der Waals surface area contributed by atoms with Crippen molar-refractivity contribution in [1.29, 1.82) is 0 Å². The number of aryl methyl sites for hydroxylation is 1. The van der Waals surface area contributed by atoms with E-state index < -0.39 is 5.97 Å². The SMILES string of the molecule is Cc1cc(Br)c(C(=O)O)cc1NC(=O)[C@H]1CC=CCC1. The summed E-state index contributed by atoms with van der Waals surface area (Å²) < 4.78 is 0.515. The highest BCUT2D eigenvalue weighted by Gasteiger charge is 2.20. The molecule has 0 spiro atoms. The number of benzene rings is 1. The lowest BCUT2D eigenvalue weighted by Crippen LogP contribution is -2.24. The highest BCUT2D eigenvalue weighted by atomic mass is 79.9. The second-order valence-corrected chi connectivity index (χ2v) is 5.78. The van der Waals surface area contributed by atoms with Crippen LogP contribution in [-0.4, -0.2) is 17.0 Å². The minimum Gasteiger partial charge on any atom is -0.478 e. The average molecular weight is 338 g/mol. The van der Waals surface area contributed by atoms with Gasteiger partial charge in [0.1, 0.15) is 0 Å². The lowest BCUT2D eigenvalue weighted by Gasteiger charge is -2.18. The summed E-state index contributed by atoms with van der Waals surface area (Å²) in [7, 11) is 0. The number of carboxylic acids is 1. The number of halogens is 1. The molecule has 0 unspecified atom stereocenters. The van der Waals surface area contributed by atoms with E-state index in [-0.39, 0.29) is 17.4 Å². The largest absolute Gasteiger partial charge is 0.478 e. The first-order chi connectivity index (χ1) is 9.49. The van der Waals surface area contributed by atoms with Gasteiger partial charge < -0.3 is 10.4 Å². The second kappa shape index (κ2) is 6.22. The Balaban J connectivity index is 2.20. The lowest BCUT2D eigenvalue weighted by atomic mass is 9.93. The standard InChI is InChI=1S/C15H16BrNO3/c1-9-7-12(16)11(15(19)20)8-13(9)17-14(18)10-5-3-2-4-6-10/h2-3,7-8,10H,4-6H2,1H3,(H,17,18)(H,19,20)/t10-/m0/s1. The number of rotatable bonds is 3. The zero-order valence-electron chi connectivity index (χ0n) is 11.1. The van der Waals surface area contributed by atoms with Gasteiger partial charge in [-0.05, 0) is 59.8 Å². The summed E-state index contributed by atoms with van der Waals surface area (Å²) in [5.74, 6) is -1.10. The Morgan fingerprint density at radius 3 is 2.70 bits per heavy atom. The fourth-order valence-corrected chi connectivity index (χ4v) is 2.87. The van der Waals surface area contributed by atoms with Gasteiger partial charge in [0.2, 0.25) is 5.91 Å². The molecule has 1 aliphatic rings. The quantitative estimate of drug-likeness (QED) is 0.825. The predicted octanol–water partition coefficient (Wildman–Crippen LogP) is 3.75. The first-order valence-electron chi connectivity index (χ1n) is 6.48. The molecule has 20 heavy (non-hydrogen) atoms. The highest BCUT2D eigenvalue weighted by Crippen LogP contribution is 2.27. The number of carboxylic acid groups (broad SMARTS) is 1. The molecule has 5 heteroatoms. The molecule has 0 radical (unpaired) electrons. The Bertz CT molecular complexity index is 581. The van der Waals surface area contributed by atoms with Crippen molar-refractivity contribution in [3.63, 3.8) is 0 Å². The van der Waals surface area contributed by atoms with E-state index in [0.717, 1.165) is 24.8 Å². The van der Waals surface area contributed by atoms with E-state index in [9.17, 15) is 9.59 Å². The molecular weight excluding hydrogens is 322 g/mol. The van der Waals surface area contributed by atoms with Crippen LogP contribution in [0.4, 0.5) is 5.69 Å². The third kappa shape index (κ3) is 3.28. The molecule has 0 heterocycles. The fraction of sp³-hybridized carbons (Fsp3) is 0.333. The summed E-state index contributed by atoms with van der Waals surface area (Å²) in [6.07, 6.45) is 6.59. The number of allylic oxidation sites excluding steroid dienone is 2. The van der Waals surface area contributed by atoms with Crippen molar-refractivity contribution < 1.29 is 14.7 Å². The predicted molar refractivity (Wildman–Crippen MR) is 80.9 cm³/mol. The van der Waals surface area contributed by atoms with Gasteiger partial charge in [-0.25, -0.2) is 4.79 Å². The van der Waals surface area contributed by atoms with Crippen molar-refractivity contribution in [1.82, 2.24) is 0 Å². The van der Waals surface area contributed by atoms with E-state index in [2.05, 4.69) is 27.3 Å². The monoisotopic (exact) mass is 337 g/mol. The maximum atomic E-state index is 12.2. The van der Waals surface area contributed by atoms with Gasteiger partial charge in [0.25, 0.3) is 0 Å². The van der Waals surface area contributed by atoms with E-state index in [1.54, 1.807) is 6.07 Å². The van der Waals surface area contributed by atoms with Crippen LogP contribution in [0.1, 0.15) is 35.2 Å².